The molecule has 6 nitrogen and oxygen atoms in total. The molecule has 0 atom stereocenters. The Kier molecular flexibility index (Phi) is 4.44. The number of aromatic amines is 2. The molecule has 0 saturated carbocycles. The van der Waals surface area contributed by atoms with Crippen molar-refractivity contribution in [1.29, 1.82) is 0 Å². The molecule has 1 amide bonds. The highest BCUT2D eigenvalue weighted by Crippen LogP contribution is 2.37. The smallest absolute Gasteiger partial charge is 0.312 e. The number of hydrogen-bond acceptors (Lipinski definition) is 3. The van der Waals surface area contributed by atoms with E-state index in [0.29, 0.717) is 11.1 Å². The van der Waals surface area contributed by atoms with Crippen molar-refractivity contribution in [3.63, 3.8) is 0 Å². The van der Waals surface area contributed by atoms with Gasteiger partial charge in [0.15, 0.2) is 5.69 Å². The van der Waals surface area contributed by atoms with Gasteiger partial charge in [0, 0.05) is 26.3 Å². The molecule has 2 aromatic heterocycles. The molecule has 7 heteroatoms. The van der Waals surface area contributed by atoms with Crippen molar-refractivity contribution >= 4 is 49.3 Å². The van der Waals surface area contributed by atoms with Crippen LogP contribution in [-0.4, -0.2) is 21.0 Å². The molecule has 5 aromatic rings. The number of carbonyl (C=O) groups is 1. The minimum Gasteiger partial charge on any atom is -0.493 e. The summed E-state index contributed by atoms with van der Waals surface area (Å²) >= 11 is 3.50. The van der Waals surface area contributed by atoms with Gasteiger partial charge in [-0.1, -0.05) is 64.5 Å². The fraction of sp³-hybridized carbons (Fsp3) is 0. The molecule has 0 bridgehead atoms. The molecule has 3 aromatic carbocycles. The van der Waals surface area contributed by atoms with Gasteiger partial charge in [0.2, 0.25) is 5.88 Å². The second-order valence-electron chi connectivity index (χ2n) is 6.80. The van der Waals surface area contributed by atoms with E-state index in [9.17, 15) is 9.90 Å². The summed E-state index contributed by atoms with van der Waals surface area (Å²) in [5.74, 6) is -0.650. The van der Waals surface area contributed by atoms with Crippen LogP contribution in [0.5, 0.6) is 5.88 Å². The number of hydrogen-bond donors (Lipinski definition) is 3. The molecular formula is C23H15BrN4O2. The van der Waals surface area contributed by atoms with Crippen LogP contribution in [0.15, 0.2) is 87.5 Å². The number of carbonyl (C=O) groups excluding carboxylic acids is 1. The fourth-order valence-corrected chi connectivity index (χ4v) is 3.95. The van der Waals surface area contributed by atoms with E-state index in [2.05, 4.69) is 36.1 Å². The molecule has 2 heterocycles. The van der Waals surface area contributed by atoms with E-state index < -0.39 is 5.91 Å². The van der Waals surface area contributed by atoms with E-state index in [1.807, 2.05) is 66.7 Å². The van der Waals surface area contributed by atoms with Crippen LogP contribution < -0.4 is 0 Å². The van der Waals surface area contributed by atoms with E-state index in [0.717, 1.165) is 32.0 Å². The predicted molar refractivity (Wildman–Crippen MR) is 120 cm³/mol. The molecule has 5 rings (SSSR count). The summed E-state index contributed by atoms with van der Waals surface area (Å²) in [5.41, 5.74) is 3.79. The quantitative estimate of drug-likeness (QED) is 0.262. The molecule has 0 fully saturated rings. The van der Waals surface area contributed by atoms with Crippen molar-refractivity contribution in [2.24, 2.45) is 10.2 Å². The second kappa shape index (κ2) is 7.27. The van der Waals surface area contributed by atoms with Crippen molar-refractivity contribution in [1.82, 2.24) is 9.97 Å². The predicted octanol–water partition coefficient (Wildman–Crippen LogP) is 6.71. The van der Waals surface area contributed by atoms with Gasteiger partial charge in [-0.15, -0.1) is 10.2 Å². The Labute approximate surface area is 179 Å². The summed E-state index contributed by atoms with van der Waals surface area (Å²) in [7, 11) is 0. The number of azo groups is 1. The number of aromatic hydroxyl groups is 1. The third-order valence-electron chi connectivity index (χ3n) is 4.94. The zero-order valence-electron chi connectivity index (χ0n) is 15.6. The maximum absolute atomic E-state index is 13.0. The van der Waals surface area contributed by atoms with Gasteiger partial charge >= 0.3 is 5.91 Å². The van der Waals surface area contributed by atoms with Crippen LogP contribution in [-0.2, 0) is 0 Å². The Bertz CT molecular complexity index is 1430. The molecule has 0 saturated heterocycles. The number of para-hydroxylation sites is 1. The number of fused-ring (bicyclic) bond motifs is 2. The van der Waals surface area contributed by atoms with E-state index in [1.54, 1.807) is 6.07 Å². The minimum absolute atomic E-state index is 0.128. The van der Waals surface area contributed by atoms with E-state index in [-0.39, 0.29) is 11.6 Å². The maximum atomic E-state index is 13.0. The van der Waals surface area contributed by atoms with Crippen LogP contribution in [0.4, 0.5) is 5.69 Å². The number of H-pyrrole nitrogens is 2. The number of nitrogens with one attached hydrogen (secondary N) is 2. The lowest BCUT2D eigenvalue weighted by atomic mass is 10.0. The number of halogens is 1. The fourth-order valence-electron chi connectivity index (χ4n) is 3.59. The van der Waals surface area contributed by atoms with Crippen molar-refractivity contribution < 1.29 is 9.90 Å². The van der Waals surface area contributed by atoms with Crippen molar-refractivity contribution in [3.05, 3.63) is 83.0 Å². The van der Waals surface area contributed by atoms with Gasteiger partial charge in [-0.05, 0) is 29.8 Å². The lowest BCUT2D eigenvalue weighted by molar-refractivity contribution is 0.0991. The summed E-state index contributed by atoms with van der Waals surface area (Å²) in [4.78, 5) is 19.1. The van der Waals surface area contributed by atoms with Crippen LogP contribution in [0.2, 0.25) is 0 Å². The maximum Gasteiger partial charge on any atom is 0.312 e. The van der Waals surface area contributed by atoms with Crippen molar-refractivity contribution in [2.45, 2.75) is 0 Å². The number of aromatic nitrogens is 2. The lowest BCUT2D eigenvalue weighted by Crippen LogP contribution is -1.97. The Morgan fingerprint density at radius 2 is 1.60 bits per heavy atom. The Morgan fingerprint density at radius 1 is 0.867 bits per heavy atom. The van der Waals surface area contributed by atoms with Crippen LogP contribution in [0, 0.1) is 0 Å². The number of amides is 1. The van der Waals surface area contributed by atoms with Crippen LogP contribution in [0.1, 0.15) is 10.5 Å². The topological polar surface area (TPSA) is 93.6 Å². The average molecular weight is 459 g/mol. The van der Waals surface area contributed by atoms with Gasteiger partial charge in [-0.2, -0.15) is 0 Å². The number of nitrogens with zero attached hydrogens (tertiary/aromatic N) is 2. The van der Waals surface area contributed by atoms with Gasteiger partial charge in [-0.3, -0.25) is 4.79 Å². The zero-order valence-corrected chi connectivity index (χ0v) is 17.1. The molecule has 0 unspecified atom stereocenters. The van der Waals surface area contributed by atoms with E-state index >= 15 is 0 Å². The Hall–Kier alpha value is -3.71. The standard InChI is InChI=1S/C23H15BrN4O2/c24-14-10-11-18-16(12-14)19(13-6-2-1-3-7-13)21(25-18)23(30)28-27-20-15-8-4-5-9-17(15)26-22(20)29/h1-12,25-26,29H. The molecule has 0 aliphatic carbocycles. The van der Waals surface area contributed by atoms with Crippen LogP contribution >= 0.6 is 15.9 Å². The first-order valence-corrected chi connectivity index (χ1v) is 10.0. The van der Waals surface area contributed by atoms with Gasteiger partial charge < -0.3 is 15.1 Å². The summed E-state index contributed by atoms with van der Waals surface area (Å²) in [6.45, 7) is 0. The molecule has 0 aliphatic heterocycles. The molecule has 30 heavy (non-hydrogen) atoms. The summed E-state index contributed by atoms with van der Waals surface area (Å²) in [6, 6.07) is 22.8. The minimum atomic E-state index is -0.522. The molecule has 0 radical (unpaired) electrons. The monoisotopic (exact) mass is 458 g/mol. The third-order valence-corrected chi connectivity index (χ3v) is 5.43. The highest BCUT2D eigenvalue weighted by molar-refractivity contribution is 9.10. The second-order valence-corrected chi connectivity index (χ2v) is 7.72. The Balaban J connectivity index is 1.63. The SMILES string of the molecule is O=C(N=Nc1c(O)[nH]c2ccccc12)c1[nH]c2ccc(Br)cc2c1-c1ccccc1. The largest absolute Gasteiger partial charge is 0.493 e. The van der Waals surface area contributed by atoms with Gasteiger partial charge in [0.1, 0.15) is 5.69 Å². The lowest BCUT2D eigenvalue weighted by Gasteiger charge is -2.02. The molecule has 0 aliphatic rings. The number of rotatable bonds is 3. The highest BCUT2D eigenvalue weighted by Gasteiger charge is 2.20. The number of benzene rings is 3. The molecule has 146 valence electrons. The first-order valence-electron chi connectivity index (χ1n) is 9.24. The average Bonchev–Trinajstić information content (AvgIpc) is 3.29. The summed E-state index contributed by atoms with van der Waals surface area (Å²) < 4.78 is 0.913. The van der Waals surface area contributed by atoms with Gasteiger partial charge in [-0.25, -0.2) is 0 Å². The molecule has 0 spiro atoms. The highest BCUT2D eigenvalue weighted by atomic mass is 79.9. The van der Waals surface area contributed by atoms with E-state index in [1.165, 1.54) is 0 Å². The van der Waals surface area contributed by atoms with Crippen molar-refractivity contribution in [2.75, 3.05) is 0 Å². The van der Waals surface area contributed by atoms with Crippen molar-refractivity contribution in [3.8, 4) is 17.0 Å². The first-order chi connectivity index (χ1) is 14.6. The normalized spacial score (nSPS) is 11.6. The summed E-state index contributed by atoms with van der Waals surface area (Å²) in [5, 5.41) is 19.7. The van der Waals surface area contributed by atoms with E-state index in [4.69, 9.17) is 0 Å². The van der Waals surface area contributed by atoms with Crippen LogP contribution in [0.25, 0.3) is 32.9 Å². The Morgan fingerprint density at radius 3 is 2.43 bits per heavy atom. The third kappa shape index (κ3) is 3.09. The van der Waals surface area contributed by atoms with Gasteiger partial charge in [0.05, 0.1) is 5.52 Å². The van der Waals surface area contributed by atoms with Crippen LogP contribution in [0.3, 0.4) is 0 Å². The van der Waals surface area contributed by atoms with Gasteiger partial charge in [0.25, 0.3) is 0 Å². The summed E-state index contributed by atoms with van der Waals surface area (Å²) in [6.07, 6.45) is 0. The molecule has 3 N–H and O–H groups in total. The first kappa shape index (κ1) is 18.3. The zero-order chi connectivity index (χ0) is 20.7. The molecular weight excluding hydrogens is 444 g/mol.